The third-order valence-corrected chi connectivity index (χ3v) is 4.29. The molecule has 1 aliphatic carbocycles. The number of hydrogen-bond acceptors (Lipinski definition) is 5. The third-order valence-electron chi connectivity index (χ3n) is 4.29. The maximum Gasteiger partial charge on any atom is 0.311 e. The minimum atomic E-state index is -0.432. The van der Waals surface area contributed by atoms with Crippen LogP contribution in [0.2, 0.25) is 0 Å². The molecule has 1 aromatic heterocycles. The molecule has 24 heavy (non-hydrogen) atoms. The van der Waals surface area contributed by atoms with Crippen molar-refractivity contribution in [1.82, 2.24) is 9.78 Å². The molecule has 1 heterocycles. The Labute approximate surface area is 140 Å². The fourth-order valence-electron chi connectivity index (χ4n) is 3.08. The van der Waals surface area contributed by atoms with Crippen molar-refractivity contribution in [3.05, 3.63) is 46.3 Å². The number of anilines is 1. The molecule has 1 aromatic carbocycles. The summed E-state index contributed by atoms with van der Waals surface area (Å²) in [6.45, 7) is 2.76. The largest absolute Gasteiger partial charge is 0.487 e. The molecule has 128 valence electrons. The third kappa shape index (κ3) is 3.67. The van der Waals surface area contributed by atoms with E-state index >= 15 is 0 Å². The second kappa shape index (κ2) is 7.33. The number of hydrogen-bond donors (Lipinski definition) is 1. The van der Waals surface area contributed by atoms with Crippen LogP contribution in [0.5, 0.6) is 5.75 Å². The van der Waals surface area contributed by atoms with Gasteiger partial charge >= 0.3 is 5.69 Å². The summed E-state index contributed by atoms with van der Waals surface area (Å²) in [5.74, 6) is 0.281. The van der Waals surface area contributed by atoms with Gasteiger partial charge in [0.15, 0.2) is 5.75 Å². The summed E-state index contributed by atoms with van der Waals surface area (Å²) in [5, 5.41) is 18.9. The molecule has 1 fully saturated rings. The molecule has 3 rings (SSSR count). The van der Waals surface area contributed by atoms with Crippen molar-refractivity contribution in [2.45, 2.75) is 45.2 Å². The topological polar surface area (TPSA) is 82.2 Å². The average molecular weight is 330 g/mol. The molecule has 0 radical (unpaired) electrons. The van der Waals surface area contributed by atoms with Crippen molar-refractivity contribution in [3.8, 4) is 5.75 Å². The first kappa shape index (κ1) is 16.3. The Morgan fingerprint density at radius 2 is 2.17 bits per heavy atom. The number of nitrogens with zero attached hydrogens (tertiary/aromatic N) is 3. The second-order valence-corrected chi connectivity index (χ2v) is 5.95. The SMILES string of the molecule is CCOc1cc(NCc2ccn(C3CCCC3)n2)ccc1[N+](=O)[O-]. The summed E-state index contributed by atoms with van der Waals surface area (Å²) in [4.78, 5) is 10.6. The fraction of sp³-hybridized carbons (Fsp3) is 0.471. The van der Waals surface area contributed by atoms with Gasteiger partial charge in [-0.2, -0.15) is 5.10 Å². The molecule has 1 aliphatic rings. The fourth-order valence-corrected chi connectivity index (χ4v) is 3.08. The lowest BCUT2D eigenvalue weighted by molar-refractivity contribution is -0.385. The van der Waals surface area contributed by atoms with Gasteiger partial charge in [-0.05, 0) is 31.9 Å². The van der Waals surface area contributed by atoms with Crippen LogP contribution in [0.1, 0.15) is 44.3 Å². The van der Waals surface area contributed by atoms with Gasteiger partial charge in [-0.15, -0.1) is 0 Å². The first-order valence-electron chi connectivity index (χ1n) is 8.36. The Morgan fingerprint density at radius 1 is 1.38 bits per heavy atom. The predicted molar refractivity (Wildman–Crippen MR) is 91.3 cm³/mol. The number of nitro benzene ring substituents is 1. The van der Waals surface area contributed by atoms with Crippen molar-refractivity contribution in [3.63, 3.8) is 0 Å². The number of rotatable bonds is 7. The number of aromatic nitrogens is 2. The van der Waals surface area contributed by atoms with Crippen LogP contribution < -0.4 is 10.1 Å². The Bertz CT molecular complexity index is 708. The van der Waals surface area contributed by atoms with E-state index in [0.29, 0.717) is 19.2 Å². The molecule has 0 spiro atoms. The molecule has 7 nitrogen and oxygen atoms in total. The van der Waals surface area contributed by atoms with Crippen LogP contribution in [-0.2, 0) is 6.54 Å². The lowest BCUT2D eigenvalue weighted by atomic mass is 10.2. The van der Waals surface area contributed by atoms with Gasteiger partial charge in [-0.25, -0.2) is 0 Å². The van der Waals surface area contributed by atoms with Gasteiger partial charge in [0.2, 0.25) is 0 Å². The van der Waals surface area contributed by atoms with Gasteiger partial charge in [0.05, 0.1) is 29.8 Å². The normalized spacial score (nSPS) is 14.7. The smallest absolute Gasteiger partial charge is 0.311 e. The maximum absolute atomic E-state index is 11.0. The first-order valence-corrected chi connectivity index (χ1v) is 8.36. The van der Waals surface area contributed by atoms with E-state index in [1.165, 1.54) is 31.7 Å². The van der Waals surface area contributed by atoms with Crippen LogP contribution in [0.25, 0.3) is 0 Å². The zero-order chi connectivity index (χ0) is 16.9. The van der Waals surface area contributed by atoms with E-state index in [4.69, 9.17) is 4.74 Å². The van der Waals surface area contributed by atoms with E-state index in [0.717, 1.165) is 11.4 Å². The van der Waals surface area contributed by atoms with Crippen molar-refractivity contribution in [2.24, 2.45) is 0 Å². The highest BCUT2D eigenvalue weighted by molar-refractivity contribution is 5.58. The number of nitro groups is 1. The Kier molecular flexibility index (Phi) is 4.98. The van der Waals surface area contributed by atoms with Crippen molar-refractivity contribution >= 4 is 11.4 Å². The number of ether oxygens (including phenoxy) is 1. The van der Waals surface area contributed by atoms with E-state index in [2.05, 4.69) is 15.1 Å². The van der Waals surface area contributed by atoms with Gasteiger partial charge in [0.1, 0.15) is 0 Å². The summed E-state index contributed by atoms with van der Waals surface area (Å²) < 4.78 is 7.42. The molecule has 0 amide bonds. The van der Waals surface area contributed by atoms with Crippen molar-refractivity contribution in [2.75, 3.05) is 11.9 Å². The zero-order valence-corrected chi connectivity index (χ0v) is 13.8. The van der Waals surface area contributed by atoms with E-state index in [-0.39, 0.29) is 11.4 Å². The summed E-state index contributed by atoms with van der Waals surface area (Å²) in [7, 11) is 0. The zero-order valence-electron chi connectivity index (χ0n) is 13.8. The van der Waals surface area contributed by atoms with Crippen LogP contribution in [0.3, 0.4) is 0 Å². The molecule has 0 saturated heterocycles. The van der Waals surface area contributed by atoms with Gasteiger partial charge in [0.25, 0.3) is 0 Å². The molecular formula is C17H22N4O3. The summed E-state index contributed by atoms with van der Waals surface area (Å²) in [6.07, 6.45) is 7.00. The van der Waals surface area contributed by atoms with E-state index in [9.17, 15) is 10.1 Å². The van der Waals surface area contributed by atoms with Crippen LogP contribution in [0.15, 0.2) is 30.5 Å². The van der Waals surface area contributed by atoms with Gasteiger partial charge in [0, 0.05) is 24.0 Å². The lowest BCUT2D eigenvalue weighted by Crippen LogP contribution is -2.07. The minimum Gasteiger partial charge on any atom is -0.487 e. The first-order chi connectivity index (χ1) is 11.7. The molecule has 2 aromatic rings. The Hall–Kier alpha value is -2.57. The molecule has 7 heteroatoms. The Morgan fingerprint density at radius 3 is 2.88 bits per heavy atom. The molecule has 1 saturated carbocycles. The highest BCUT2D eigenvalue weighted by Gasteiger charge is 2.18. The summed E-state index contributed by atoms with van der Waals surface area (Å²) in [6, 6.07) is 7.36. The second-order valence-electron chi connectivity index (χ2n) is 5.95. The summed E-state index contributed by atoms with van der Waals surface area (Å²) >= 11 is 0. The molecular weight excluding hydrogens is 308 g/mol. The van der Waals surface area contributed by atoms with Crippen LogP contribution >= 0.6 is 0 Å². The van der Waals surface area contributed by atoms with E-state index < -0.39 is 4.92 Å². The molecule has 0 bridgehead atoms. The predicted octanol–water partition coefficient (Wildman–Crippen LogP) is 3.92. The van der Waals surface area contributed by atoms with Gasteiger partial charge < -0.3 is 10.1 Å². The van der Waals surface area contributed by atoms with Gasteiger partial charge in [-0.1, -0.05) is 12.8 Å². The molecule has 0 aliphatic heterocycles. The van der Waals surface area contributed by atoms with Crippen molar-refractivity contribution in [1.29, 1.82) is 0 Å². The number of nitrogens with one attached hydrogen (secondary N) is 1. The van der Waals surface area contributed by atoms with E-state index in [1.54, 1.807) is 19.1 Å². The van der Waals surface area contributed by atoms with Crippen molar-refractivity contribution < 1.29 is 9.66 Å². The van der Waals surface area contributed by atoms with E-state index in [1.807, 2.05) is 12.3 Å². The summed E-state index contributed by atoms with van der Waals surface area (Å²) in [5.41, 5.74) is 1.71. The molecule has 0 unspecified atom stereocenters. The quantitative estimate of drug-likeness (QED) is 0.614. The highest BCUT2D eigenvalue weighted by atomic mass is 16.6. The monoisotopic (exact) mass is 330 g/mol. The number of benzene rings is 1. The van der Waals surface area contributed by atoms with Gasteiger partial charge in [-0.3, -0.25) is 14.8 Å². The van der Waals surface area contributed by atoms with Crippen LogP contribution in [0, 0.1) is 10.1 Å². The van der Waals surface area contributed by atoms with Crippen LogP contribution in [-0.4, -0.2) is 21.3 Å². The minimum absolute atomic E-state index is 0.0205. The molecule has 0 atom stereocenters. The molecule has 1 N–H and O–H groups in total. The van der Waals surface area contributed by atoms with Crippen LogP contribution in [0.4, 0.5) is 11.4 Å². The Balaban J connectivity index is 1.65. The lowest BCUT2D eigenvalue weighted by Gasteiger charge is -2.10. The standard InChI is InChI=1S/C17H22N4O3/c1-2-24-17-11-13(7-8-16(17)21(22)23)18-12-14-9-10-20(19-14)15-5-3-4-6-15/h7-11,15,18H,2-6,12H2,1H3. The maximum atomic E-state index is 11.0. The highest BCUT2D eigenvalue weighted by Crippen LogP contribution is 2.31. The average Bonchev–Trinajstić information content (AvgIpc) is 3.24.